The van der Waals surface area contributed by atoms with Crippen LogP contribution in [0.4, 0.5) is 4.39 Å². The van der Waals surface area contributed by atoms with Crippen molar-refractivity contribution >= 4 is 22.7 Å². The van der Waals surface area contributed by atoms with E-state index in [4.69, 9.17) is 0 Å². The largest absolute Gasteiger partial charge is 0.316 e. The summed E-state index contributed by atoms with van der Waals surface area (Å²) in [6.45, 7) is 7.72. The third kappa shape index (κ3) is 4.43. The second-order valence-corrected chi connectivity index (χ2v) is 10.2. The average molecular weight is 456 g/mol. The normalized spacial score (nSPS) is 27.8. The van der Waals surface area contributed by atoms with Gasteiger partial charge in [-0.15, -0.1) is 0 Å². The number of fused-ring (bicyclic) bond motifs is 1. The molecule has 2 amide bonds. The van der Waals surface area contributed by atoms with E-state index in [0.717, 1.165) is 62.6 Å². The molecule has 0 aliphatic carbocycles. The molecule has 178 valence electrons. The first-order valence-corrected chi connectivity index (χ1v) is 12.3. The first-order valence-electron chi connectivity index (χ1n) is 12.3. The molecule has 3 atom stereocenters. The summed E-state index contributed by atoms with van der Waals surface area (Å²) >= 11 is 0. The van der Waals surface area contributed by atoms with E-state index in [1.165, 1.54) is 6.42 Å². The van der Waals surface area contributed by atoms with Crippen molar-refractivity contribution in [3.05, 3.63) is 29.2 Å². The number of amides is 2. The van der Waals surface area contributed by atoms with Gasteiger partial charge >= 0.3 is 0 Å². The molecule has 7 nitrogen and oxygen atoms in total. The molecule has 5 rings (SSSR count). The van der Waals surface area contributed by atoms with Gasteiger partial charge in [-0.25, -0.2) is 4.39 Å². The minimum Gasteiger partial charge on any atom is -0.316 e. The standard InChI is InChI=1S/C25H34FN5O2/c1-15-13-27-8-5-17(15)14-31-9-6-16(7-10-31)19-12-22-20(11-21(19)26)24(29-30(22)2)18-3-4-23(32)28-25(18)33/h11-12,15-18,27H,3-10,13-14H2,1-2H3,(H,28,32,33)/t15-,17-,18?/m1/s1. The van der Waals surface area contributed by atoms with Crippen molar-refractivity contribution in [2.45, 2.75) is 50.9 Å². The van der Waals surface area contributed by atoms with Gasteiger partial charge in [0.05, 0.1) is 17.1 Å². The molecule has 1 unspecified atom stereocenters. The fraction of sp³-hybridized carbons (Fsp3) is 0.640. The Morgan fingerprint density at radius 1 is 1.15 bits per heavy atom. The smallest absolute Gasteiger partial charge is 0.235 e. The number of halogens is 1. The minimum atomic E-state index is -0.516. The lowest BCUT2D eigenvalue weighted by Crippen LogP contribution is -2.43. The summed E-state index contributed by atoms with van der Waals surface area (Å²) < 4.78 is 17.1. The Morgan fingerprint density at radius 2 is 1.94 bits per heavy atom. The van der Waals surface area contributed by atoms with Crippen molar-refractivity contribution in [2.75, 3.05) is 32.7 Å². The number of carbonyl (C=O) groups excluding carboxylic acids is 2. The summed E-state index contributed by atoms with van der Waals surface area (Å²) in [5, 5.41) is 11.1. The summed E-state index contributed by atoms with van der Waals surface area (Å²) in [5.41, 5.74) is 2.17. The van der Waals surface area contributed by atoms with E-state index in [-0.39, 0.29) is 30.0 Å². The van der Waals surface area contributed by atoms with Gasteiger partial charge in [0.1, 0.15) is 5.82 Å². The maximum Gasteiger partial charge on any atom is 0.235 e. The van der Waals surface area contributed by atoms with Crippen LogP contribution in [-0.2, 0) is 16.6 Å². The van der Waals surface area contributed by atoms with E-state index in [1.807, 2.05) is 13.1 Å². The average Bonchev–Trinajstić information content (AvgIpc) is 3.10. The maximum atomic E-state index is 15.3. The molecule has 0 spiro atoms. The van der Waals surface area contributed by atoms with Gasteiger partial charge in [-0.2, -0.15) is 5.10 Å². The van der Waals surface area contributed by atoms with Crippen LogP contribution < -0.4 is 10.6 Å². The second kappa shape index (κ2) is 9.14. The zero-order chi connectivity index (χ0) is 23.1. The van der Waals surface area contributed by atoms with Crippen molar-refractivity contribution in [3.63, 3.8) is 0 Å². The molecule has 1 aromatic heterocycles. The monoisotopic (exact) mass is 455 g/mol. The van der Waals surface area contributed by atoms with Gasteiger partial charge in [0.15, 0.2) is 0 Å². The number of likely N-dealkylation sites (tertiary alicyclic amines) is 1. The number of nitrogens with zero attached hydrogens (tertiary/aromatic N) is 3. The summed E-state index contributed by atoms with van der Waals surface area (Å²) in [5.74, 6) is 0.324. The zero-order valence-corrected chi connectivity index (χ0v) is 19.6. The lowest BCUT2D eigenvalue weighted by Gasteiger charge is -2.38. The fourth-order valence-electron chi connectivity index (χ4n) is 5.94. The number of aryl methyl sites for hydroxylation is 1. The fourth-order valence-corrected chi connectivity index (χ4v) is 5.94. The van der Waals surface area contributed by atoms with Crippen LogP contribution in [0.15, 0.2) is 12.1 Å². The lowest BCUT2D eigenvalue weighted by atomic mass is 9.85. The van der Waals surface area contributed by atoms with Crippen LogP contribution >= 0.6 is 0 Å². The number of carbonyl (C=O) groups is 2. The first kappa shape index (κ1) is 22.5. The number of hydrogen-bond donors (Lipinski definition) is 2. The summed E-state index contributed by atoms with van der Waals surface area (Å²) in [7, 11) is 1.84. The van der Waals surface area contributed by atoms with Crippen LogP contribution in [-0.4, -0.2) is 59.2 Å². The molecule has 3 aliphatic heterocycles. The Hall–Kier alpha value is -2.32. The Morgan fingerprint density at radius 3 is 2.67 bits per heavy atom. The van der Waals surface area contributed by atoms with Gasteiger partial charge in [-0.05, 0) is 87.3 Å². The molecule has 2 N–H and O–H groups in total. The number of nitrogens with one attached hydrogen (secondary N) is 2. The second-order valence-electron chi connectivity index (χ2n) is 10.2. The van der Waals surface area contributed by atoms with Gasteiger partial charge < -0.3 is 10.2 Å². The molecular weight excluding hydrogens is 421 g/mol. The number of hydrogen-bond acceptors (Lipinski definition) is 5. The van der Waals surface area contributed by atoms with Crippen molar-refractivity contribution < 1.29 is 14.0 Å². The van der Waals surface area contributed by atoms with Crippen LogP contribution in [0.5, 0.6) is 0 Å². The molecule has 3 saturated heterocycles. The van der Waals surface area contributed by atoms with Crippen molar-refractivity contribution in [2.24, 2.45) is 18.9 Å². The highest BCUT2D eigenvalue weighted by atomic mass is 19.1. The highest BCUT2D eigenvalue weighted by Gasteiger charge is 2.33. The van der Waals surface area contributed by atoms with E-state index in [2.05, 4.69) is 27.6 Å². The molecule has 8 heteroatoms. The van der Waals surface area contributed by atoms with Crippen molar-refractivity contribution in [1.82, 2.24) is 25.3 Å². The molecule has 4 heterocycles. The zero-order valence-electron chi connectivity index (χ0n) is 19.6. The topological polar surface area (TPSA) is 79.3 Å². The van der Waals surface area contributed by atoms with Crippen molar-refractivity contribution in [3.8, 4) is 0 Å². The first-order chi connectivity index (χ1) is 15.9. The number of benzene rings is 1. The molecule has 1 aromatic carbocycles. The molecule has 3 fully saturated rings. The van der Waals surface area contributed by atoms with E-state index in [1.54, 1.807) is 10.7 Å². The number of piperidine rings is 3. The molecule has 0 radical (unpaired) electrons. The van der Waals surface area contributed by atoms with Gasteiger partial charge in [-0.3, -0.25) is 19.6 Å². The van der Waals surface area contributed by atoms with Crippen LogP contribution in [0.25, 0.3) is 10.9 Å². The highest BCUT2D eigenvalue weighted by Crippen LogP contribution is 2.36. The van der Waals surface area contributed by atoms with E-state index < -0.39 is 5.92 Å². The Bertz CT molecular complexity index is 1060. The number of aromatic nitrogens is 2. The molecule has 33 heavy (non-hydrogen) atoms. The summed E-state index contributed by atoms with van der Waals surface area (Å²) in [6, 6.07) is 3.49. The Kier molecular flexibility index (Phi) is 6.22. The minimum absolute atomic E-state index is 0.199. The molecular formula is C25H34FN5O2. The summed E-state index contributed by atoms with van der Waals surface area (Å²) in [6.07, 6.45) is 3.85. The van der Waals surface area contributed by atoms with Gasteiger partial charge in [0, 0.05) is 25.4 Å². The van der Waals surface area contributed by atoms with E-state index >= 15 is 4.39 Å². The number of rotatable bonds is 4. The van der Waals surface area contributed by atoms with Crippen LogP contribution in [0.3, 0.4) is 0 Å². The van der Waals surface area contributed by atoms with E-state index in [0.29, 0.717) is 23.4 Å². The van der Waals surface area contributed by atoms with Crippen LogP contribution in [0.2, 0.25) is 0 Å². The third-order valence-electron chi connectivity index (χ3n) is 8.05. The predicted molar refractivity (Wildman–Crippen MR) is 124 cm³/mol. The third-order valence-corrected chi connectivity index (χ3v) is 8.05. The lowest BCUT2D eigenvalue weighted by molar-refractivity contribution is -0.134. The number of imide groups is 1. The maximum absolute atomic E-state index is 15.3. The van der Waals surface area contributed by atoms with Crippen LogP contribution in [0.1, 0.15) is 62.1 Å². The molecule has 0 saturated carbocycles. The van der Waals surface area contributed by atoms with Gasteiger partial charge in [0.25, 0.3) is 0 Å². The quantitative estimate of drug-likeness (QED) is 0.693. The molecule has 0 bridgehead atoms. The SMILES string of the molecule is C[C@@H]1CNCC[C@@H]1CN1CCC(c2cc3c(cc2F)c(C2CCC(=O)NC2=O)nn3C)CC1. The molecule has 3 aliphatic rings. The Labute approximate surface area is 194 Å². The van der Waals surface area contributed by atoms with E-state index in [9.17, 15) is 9.59 Å². The highest BCUT2D eigenvalue weighted by molar-refractivity contribution is 6.02. The predicted octanol–water partition coefficient (Wildman–Crippen LogP) is 2.66. The summed E-state index contributed by atoms with van der Waals surface area (Å²) in [4.78, 5) is 26.4. The van der Waals surface area contributed by atoms with Gasteiger partial charge in [-0.1, -0.05) is 6.92 Å². The van der Waals surface area contributed by atoms with Crippen LogP contribution in [0, 0.1) is 17.7 Å². The Balaban J connectivity index is 1.31. The molecule has 2 aromatic rings. The van der Waals surface area contributed by atoms with Gasteiger partial charge in [0.2, 0.25) is 11.8 Å². The van der Waals surface area contributed by atoms with Crippen molar-refractivity contribution in [1.29, 1.82) is 0 Å².